The van der Waals surface area contributed by atoms with Gasteiger partial charge in [-0.2, -0.15) is 5.26 Å². The summed E-state index contributed by atoms with van der Waals surface area (Å²) in [4.78, 5) is 16.5. The molecule has 1 spiro atoms. The van der Waals surface area contributed by atoms with Crippen LogP contribution in [0.5, 0.6) is 0 Å². The minimum absolute atomic E-state index is 0.180. The van der Waals surface area contributed by atoms with Gasteiger partial charge in [-0.15, -0.1) is 0 Å². The third-order valence-corrected chi connectivity index (χ3v) is 7.57. The van der Waals surface area contributed by atoms with E-state index in [0.717, 1.165) is 24.7 Å². The highest BCUT2D eigenvalue weighted by Crippen LogP contribution is 2.55. The second-order valence-electron chi connectivity index (χ2n) is 9.39. The maximum Gasteiger partial charge on any atom is 0.320 e. The summed E-state index contributed by atoms with van der Waals surface area (Å²) < 4.78 is 42.9. The Kier molecular flexibility index (Phi) is 6.65. The first-order valence-corrected chi connectivity index (χ1v) is 13.2. The number of sulfonamides is 1. The molecule has 1 aliphatic carbocycles. The maximum absolute atomic E-state index is 15.6. The van der Waals surface area contributed by atoms with Crippen molar-refractivity contribution in [1.82, 2.24) is 14.5 Å². The molecule has 2 aromatic rings. The Bertz CT molecular complexity index is 1210. The molecule has 180 valence electrons. The minimum Gasteiger partial charge on any atom is -0.327 e. The summed E-state index contributed by atoms with van der Waals surface area (Å²) in [5, 5.41) is 8.90. The van der Waals surface area contributed by atoms with Crippen LogP contribution < -0.4 is 4.72 Å². The molecule has 0 radical (unpaired) electrons. The second-order valence-corrected chi connectivity index (χ2v) is 11.2. The smallest absolute Gasteiger partial charge is 0.320 e. The molecule has 1 heterocycles. The van der Waals surface area contributed by atoms with Crippen LogP contribution in [0.25, 0.3) is 11.1 Å². The Morgan fingerprint density at radius 1 is 1.24 bits per heavy atom. The summed E-state index contributed by atoms with van der Waals surface area (Å²) in [6.45, 7) is 0.675. The number of carbonyl (C=O) groups excluding carboxylic acids is 1. The number of hydrogen-bond donors (Lipinski definition) is 1. The summed E-state index contributed by atoms with van der Waals surface area (Å²) >= 11 is 0. The topological polar surface area (TPSA) is 93.5 Å². The predicted octanol–water partition coefficient (Wildman–Crippen LogP) is 3.38. The van der Waals surface area contributed by atoms with Gasteiger partial charge < -0.3 is 9.80 Å². The average molecular weight is 485 g/mol. The number of nitrogens with zero attached hydrogens (tertiary/aromatic N) is 3. The Balaban J connectivity index is 1.69. The molecule has 7 nitrogen and oxygen atoms in total. The van der Waals surface area contributed by atoms with Crippen molar-refractivity contribution in [3.8, 4) is 17.2 Å². The first kappa shape index (κ1) is 24.2. The summed E-state index contributed by atoms with van der Waals surface area (Å²) in [6.07, 6.45) is 3.09. The molecule has 1 saturated carbocycles. The standard InChI is InChI=1S/C25H29FN4O3S/c1-29(15-7-14-27)24(31)30-17-25(12-13-25)23(28-34(2,32)33)21(30)16-19-10-6-11-20(22(19)26)18-8-4-3-5-9-18/h3-6,8-11,21,23,28H,7,12-13,15-17H2,1-2H3/t21-,23+/m0/s1. The lowest BCUT2D eigenvalue weighted by Crippen LogP contribution is -2.51. The number of hydrogen-bond acceptors (Lipinski definition) is 4. The van der Waals surface area contributed by atoms with E-state index in [2.05, 4.69) is 4.72 Å². The highest BCUT2D eigenvalue weighted by molar-refractivity contribution is 7.88. The summed E-state index contributed by atoms with van der Waals surface area (Å²) in [5.41, 5.74) is 1.31. The lowest BCUT2D eigenvalue weighted by atomic mass is 9.91. The van der Waals surface area contributed by atoms with Crippen LogP contribution in [0.2, 0.25) is 0 Å². The number of likely N-dealkylation sites (tertiary alicyclic amines) is 1. The largest absolute Gasteiger partial charge is 0.327 e. The zero-order valence-corrected chi connectivity index (χ0v) is 20.2. The van der Waals surface area contributed by atoms with Gasteiger partial charge in [0.15, 0.2) is 0 Å². The van der Waals surface area contributed by atoms with Gasteiger partial charge in [-0.1, -0.05) is 48.5 Å². The van der Waals surface area contributed by atoms with Crippen LogP contribution in [0.3, 0.4) is 0 Å². The highest BCUT2D eigenvalue weighted by atomic mass is 32.2. The minimum atomic E-state index is -3.55. The molecule has 1 N–H and O–H groups in total. The fraction of sp³-hybridized carbons (Fsp3) is 0.440. The zero-order valence-electron chi connectivity index (χ0n) is 19.4. The number of amides is 2. The molecular formula is C25H29FN4O3S. The number of nitrogens with one attached hydrogen (secondary N) is 1. The lowest BCUT2D eigenvalue weighted by Gasteiger charge is -2.32. The third-order valence-electron chi connectivity index (χ3n) is 6.89. The van der Waals surface area contributed by atoms with Crippen LogP contribution in [0.1, 0.15) is 24.8 Å². The van der Waals surface area contributed by atoms with Crippen molar-refractivity contribution >= 4 is 16.1 Å². The second kappa shape index (κ2) is 9.35. The Hall–Kier alpha value is -2.96. The molecule has 2 amide bonds. The van der Waals surface area contributed by atoms with E-state index in [4.69, 9.17) is 5.26 Å². The Morgan fingerprint density at radius 3 is 2.56 bits per heavy atom. The average Bonchev–Trinajstić information content (AvgIpc) is 3.53. The SMILES string of the molecule is CN(CCC#N)C(=O)N1CC2(CC2)[C@H](NS(C)(=O)=O)[C@@H]1Cc1cccc(-c2ccccc2)c1F. The van der Waals surface area contributed by atoms with Crippen LogP contribution in [-0.2, 0) is 16.4 Å². The molecule has 1 saturated heterocycles. The molecule has 34 heavy (non-hydrogen) atoms. The van der Waals surface area contributed by atoms with E-state index < -0.39 is 22.1 Å². The van der Waals surface area contributed by atoms with Crippen molar-refractivity contribution < 1.29 is 17.6 Å². The summed E-state index contributed by atoms with van der Waals surface area (Å²) in [6, 6.07) is 15.1. The lowest BCUT2D eigenvalue weighted by molar-refractivity contribution is 0.155. The fourth-order valence-electron chi connectivity index (χ4n) is 4.98. The van der Waals surface area contributed by atoms with E-state index >= 15 is 4.39 Å². The van der Waals surface area contributed by atoms with Crippen LogP contribution in [0.15, 0.2) is 48.5 Å². The van der Waals surface area contributed by atoms with E-state index in [9.17, 15) is 13.2 Å². The molecule has 0 aromatic heterocycles. The van der Waals surface area contributed by atoms with Gasteiger partial charge in [0.1, 0.15) is 5.82 Å². The molecule has 0 bridgehead atoms. The number of rotatable bonds is 7. The Labute approximate surface area is 200 Å². The number of halogens is 1. The van der Waals surface area contributed by atoms with Gasteiger partial charge in [-0.05, 0) is 30.4 Å². The van der Waals surface area contributed by atoms with Crippen molar-refractivity contribution in [2.45, 2.75) is 37.8 Å². The monoisotopic (exact) mass is 484 g/mol. The highest BCUT2D eigenvalue weighted by Gasteiger charge is 2.61. The first-order chi connectivity index (χ1) is 16.1. The van der Waals surface area contributed by atoms with Gasteiger partial charge in [0.25, 0.3) is 0 Å². The number of carbonyl (C=O) groups is 1. The van der Waals surface area contributed by atoms with E-state index in [1.807, 2.05) is 36.4 Å². The molecule has 1 aliphatic heterocycles. The van der Waals surface area contributed by atoms with E-state index in [1.165, 1.54) is 4.90 Å². The van der Waals surface area contributed by atoms with E-state index in [0.29, 0.717) is 17.7 Å². The van der Waals surface area contributed by atoms with Crippen molar-refractivity contribution in [3.05, 3.63) is 59.9 Å². The molecule has 0 unspecified atom stereocenters. The Morgan fingerprint density at radius 2 is 1.94 bits per heavy atom. The molecule has 2 aromatic carbocycles. The first-order valence-electron chi connectivity index (χ1n) is 11.3. The van der Waals surface area contributed by atoms with Crippen molar-refractivity contribution in [3.63, 3.8) is 0 Å². The van der Waals surface area contributed by atoms with Crippen molar-refractivity contribution in [1.29, 1.82) is 5.26 Å². The maximum atomic E-state index is 15.6. The molecule has 2 fully saturated rings. The molecule has 2 atom stereocenters. The van der Waals surface area contributed by atoms with Gasteiger partial charge in [-0.25, -0.2) is 22.3 Å². The normalized spacial score (nSPS) is 20.8. The number of benzene rings is 2. The number of nitriles is 1. The van der Waals surface area contributed by atoms with E-state index in [1.54, 1.807) is 30.1 Å². The predicted molar refractivity (Wildman–Crippen MR) is 128 cm³/mol. The van der Waals surface area contributed by atoms with Crippen molar-refractivity contribution in [2.75, 3.05) is 26.4 Å². The van der Waals surface area contributed by atoms with Gasteiger partial charge >= 0.3 is 6.03 Å². The quantitative estimate of drug-likeness (QED) is 0.652. The molecule has 4 rings (SSSR count). The van der Waals surface area contributed by atoms with Gasteiger partial charge in [-0.3, -0.25) is 0 Å². The van der Waals surface area contributed by atoms with Gasteiger partial charge in [0.05, 0.1) is 24.8 Å². The summed E-state index contributed by atoms with van der Waals surface area (Å²) in [5.74, 6) is -0.367. The molecule has 9 heteroatoms. The van der Waals surface area contributed by atoms with Gasteiger partial charge in [0, 0.05) is 37.2 Å². The zero-order chi connectivity index (χ0) is 24.5. The molecule has 2 aliphatic rings. The van der Waals surface area contributed by atoms with Crippen LogP contribution in [-0.4, -0.2) is 62.7 Å². The molecular weight excluding hydrogens is 455 g/mol. The number of urea groups is 1. The van der Waals surface area contributed by atoms with Crippen LogP contribution in [0.4, 0.5) is 9.18 Å². The summed E-state index contributed by atoms with van der Waals surface area (Å²) in [7, 11) is -1.92. The van der Waals surface area contributed by atoms with Crippen molar-refractivity contribution in [2.24, 2.45) is 5.41 Å². The van der Waals surface area contributed by atoms with E-state index in [-0.39, 0.29) is 36.6 Å². The third kappa shape index (κ3) is 4.93. The fourth-order valence-corrected chi connectivity index (χ4v) is 5.85. The van der Waals surface area contributed by atoms with Crippen LogP contribution >= 0.6 is 0 Å². The van der Waals surface area contributed by atoms with Gasteiger partial charge in [0.2, 0.25) is 10.0 Å². The van der Waals surface area contributed by atoms with Crippen LogP contribution in [0, 0.1) is 22.6 Å².